The van der Waals surface area contributed by atoms with Crippen LogP contribution in [0.4, 0.5) is 5.69 Å². The number of hydrazone groups is 1. The summed E-state index contributed by atoms with van der Waals surface area (Å²) in [6, 6.07) is 12.7. The van der Waals surface area contributed by atoms with Gasteiger partial charge in [0, 0.05) is 19.2 Å². The molecule has 1 unspecified atom stereocenters. The van der Waals surface area contributed by atoms with Crippen LogP contribution in [-0.4, -0.2) is 32.8 Å². The molecule has 2 aromatic carbocycles. The molecular formula is C17H15N5O4. The molecule has 0 bridgehead atoms. The molecule has 1 aromatic heterocycles. The molecule has 132 valence electrons. The van der Waals surface area contributed by atoms with E-state index >= 15 is 0 Å². The second-order valence-corrected chi connectivity index (χ2v) is 5.41. The van der Waals surface area contributed by atoms with Gasteiger partial charge in [-0.3, -0.25) is 14.9 Å². The van der Waals surface area contributed by atoms with Gasteiger partial charge in [-0.15, -0.1) is 0 Å². The summed E-state index contributed by atoms with van der Waals surface area (Å²) in [6.07, 6.45) is -1.17. The van der Waals surface area contributed by atoms with E-state index in [-0.39, 0.29) is 22.6 Å². The fourth-order valence-corrected chi connectivity index (χ4v) is 2.52. The van der Waals surface area contributed by atoms with Gasteiger partial charge in [-0.2, -0.15) is 5.10 Å². The molecule has 3 rings (SSSR count). The molecule has 0 aliphatic carbocycles. The van der Waals surface area contributed by atoms with E-state index in [1.54, 1.807) is 30.3 Å². The highest BCUT2D eigenvalue weighted by atomic mass is 16.6. The summed E-state index contributed by atoms with van der Waals surface area (Å²) in [5.74, 6) is 0. The van der Waals surface area contributed by atoms with E-state index in [4.69, 9.17) is 0 Å². The Bertz CT molecular complexity index is 1050. The maximum Gasteiger partial charge on any atom is 0.276 e. The Balaban J connectivity index is 2.13. The van der Waals surface area contributed by atoms with Crippen LogP contribution in [0.25, 0.3) is 11.0 Å². The van der Waals surface area contributed by atoms with Crippen LogP contribution in [0.3, 0.4) is 0 Å². The minimum atomic E-state index is -1.17. The van der Waals surface area contributed by atoms with Crippen molar-refractivity contribution in [3.8, 4) is 0 Å². The lowest BCUT2D eigenvalue weighted by Crippen LogP contribution is -2.27. The number of hydrogen-bond donors (Lipinski definition) is 3. The molecule has 0 radical (unpaired) electrons. The van der Waals surface area contributed by atoms with E-state index in [2.05, 4.69) is 20.5 Å². The molecule has 0 saturated heterocycles. The Labute approximate surface area is 147 Å². The van der Waals surface area contributed by atoms with E-state index in [9.17, 15) is 20.0 Å². The number of rotatable bonds is 5. The predicted octanol–water partition coefficient (Wildman–Crippen LogP) is 1.49. The van der Waals surface area contributed by atoms with Crippen molar-refractivity contribution in [1.82, 2.24) is 15.4 Å². The quantitative estimate of drug-likeness (QED) is 0.361. The van der Waals surface area contributed by atoms with Crippen molar-refractivity contribution in [1.29, 1.82) is 0 Å². The van der Waals surface area contributed by atoms with Crippen LogP contribution in [0.1, 0.15) is 17.4 Å². The summed E-state index contributed by atoms with van der Waals surface area (Å²) in [4.78, 5) is 29.6. The molecule has 0 aliphatic rings. The molecule has 9 heteroatoms. The van der Waals surface area contributed by atoms with Crippen molar-refractivity contribution < 1.29 is 10.0 Å². The van der Waals surface area contributed by atoms with Gasteiger partial charge in [0.1, 0.15) is 11.8 Å². The highest BCUT2D eigenvalue weighted by Crippen LogP contribution is 2.20. The maximum atomic E-state index is 12.5. The van der Waals surface area contributed by atoms with Gasteiger partial charge in [0.2, 0.25) is 0 Å². The minimum absolute atomic E-state index is 0.0419. The molecule has 0 amide bonds. The summed E-state index contributed by atoms with van der Waals surface area (Å²) in [5, 5.41) is 25.5. The lowest BCUT2D eigenvalue weighted by molar-refractivity contribution is -0.384. The van der Waals surface area contributed by atoms with Gasteiger partial charge in [-0.1, -0.05) is 30.3 Å². The number of benzene rings is 2. The molecule has 3 aromatic rings. The zero-order valence-electron chi connectivity index (χ0n) is 13.7. The Morgan fingerprint density at radius 3 is 2.69 bits per heavy atom. The van der Waals surface area contributed by atoms with Gasteiger partial charge in [-0.05, 0) is 11.6 Å². The van der Waals surface area contributed by atoms with Crippen LogP contribution in [-0.2, 0) is 0 Å². The van der Waals surface area contributed by atoms with Crippen molar-refractivity contribution >= 4 is 22.4 Å². The smallest absolute Gasteiger partial charge is 0.276 e. The molecule has 26 heavy (non-hydrogen) atoms. The molecule has 0 fully saturated rings. The molecule has 0 aliphatic heterocycles. The van der Waals surface area contributed by atoms with Crippen LogP contribution >= 0.6 is 0 Å². The van der Waals surface area contributed by atoms with Crippen molar-refractivity contribution in [2.75, 3.05) is 7.05 Å². The van der Waals surface area contributed by atoms with E-state index < -0.39 is 16.6 Å². The first-order valence-corrected chi connectivity index (χ1v) is 7.67. The Hall–Kier alpha value is -3.59. The Morgan fingerprint density at radius 2 is 2.04 bits per heavy atom. The Morgan fingerprint density at radius 1 is 1.31 bits per heavy atom. The van der Waals surface area contributed by atoms with Crippen molar-refractivity contribution in [2.24, 2.45) is 5.10 Å². The summed E-state index contributed by atoms with van der Waals surface area (Å²) in [5.41, 5.74) is 2.88. The number of aliphatic hydroxyl groups excluding tert-OH is 1. The number of hydrogen-bond acceptors (Lipinski definition) is 7. The highest BCUT2D eigenvalue weighted by Gasteiger charge is 2.22. The molecular weight excluding hydrogens is 338 g/mol. The van der Waals surface area contributed by atoms with Crippen LogP contribution < -0.4 is 11.0 Å². The fourth-order valence-electron chi connectivity index (χ4n) is 2.52. The number of fused-ring (bicyclic) bond motifs is 1. The first-order chi connectivity index (χ1) is 12.5. The average Bonchev–Trinajstić information content (AvgIpc) is 2.65. The number of nitrogens with zero attached hydrogens (tertiary/aromatic N) is 3. The third kappa shape index (κ3) is 3.28. The maximum absolute atomic E-state index is 12.5. The summed E-state index contributed by atoms with van der Waals surface area (Å²) in [7, 11) is 1.54. The first-order valence-electron chi connectivity index (χ1n) is 7.67. The zero-order valence-corrected chi connectivity index (χ0v) is 13.7. The largest absolute Gasteiger partial charge is 0.382 e. The van der Waals surface area contributed by atoms with E-state index in [0.717, 1.165) is 0 Å². The zero-order chi connectivity index (χ0) is 18.7. The summed E-state index contributed by atoms with van der Waals surface area (Å²) in [6.45, 7) is 0. The topological polar surface area (TPSA) is 134 Å². The molecule has 0 saturated carbocycles. The molecule has 3 N–H and O–H groups in total. The number of aromatic amines is 1. The predicted molar refractivity (Wildman–Crippen MR) is 96.0 cm³/mol. The third-order valence-electron chi connectivity index (χ3n) is 3.74. The fraction of sp³-hybridized carbons (Fsp3) is 0.118. The number of aromatic nitrogens is 2. The number of nitro groups is 1. The normalized spacial score (nSPS) is 12.8. The molecule has 0 spiro atoms. The number of non-ortho nitro benzene ring substituents is 1. The SMILES string of the molecule is CN/N=C(/c1nc2ccc([N+](=O)[O-])cc2[nH]c1=O)C(O)c1ccccc1. The van der Waals surface area contributed by atoms with Crippen molar-refractivity contribution in [3.05, 3.63) is 80.3 Å². The van der Waals surface area contributed by atoms with Gasteiger partial charge >= 0.3 is 0 Å². The van der Waals surface area contributed by atoms with E-state index in [0.29, 0.717) is 11.1 Å². The summed E-state index contributed by atoms with van der Waals surface area (Å²) < 4.78 is 0. The number of aliphatic hydroxyl groups is 1. The molecule has 1 atom stereocenters. The van der Waals surface area contributed by atoms with Gasteiger partial charge < -0.3 is 15.5 Å². The van der Waals surface area contributed by atoms with Crippen LogP contribution in [0, 0.1) is 10.1 Å². The van der Waals surface area contributed by atoms with Gasteiger partial charge in [0.15, 0.2) is 5.69 Å². The molecule has 9 nitrogen and oxygen atoms in total. The van der Waals surface area contributed by atoms with Crippen molar-refractivity contribution in [3.63, 3.8) is 0 Å². The van der Waals surface area contributed by atoms with Crippen LogP contribution in [0.5, 0.6) is 0 Å². The van der Waals surface area contributed by atoms with Gasteiger partial charge in [0.25, 0.3) is 11.2 Å². The summed E-state index contributed by atoms with van der Waals surface area (Å²) >= 11 is 0. The van der Waals surface area contributed by atoms with Crippen molar-refractivity contribution in [2.45, 2.75) is 6.10 Å². The van der Waals surface area contributed by atoms with Gasteiger partial charge in [0.05, 0.1) is 16.0 Å². The minimum Gasteiger partial charge on any atom is -0.382 e. The Kier molecular flexibility index (Phi) is 4.72. The lowest BCUT2D eigenvalue weighted by Gasteiger charge is -2.13. The number of H-pyrrole nitrogens is 1. The average molecular weight is 353 g/mol. The highest BCUT2D eigenvalue weighted by molar-refractivity contribution is 6.03. The first kappa shape index (κ1) is 17.2. The van der Waals surface area contributed by atoms with E-state index in [1.807, 2.05) is 0 Å². The monoisotopic (exact) mass is 353 g/mol. The molecule has 1 heterocycles. The number of nitrogens with one attached hydrogen (secondary N) is 2. The third-order valence-corrected chi connectivity index (χ3v) is 3.74. The van der Waals surface area contributed by atoms with E-state index in [1.165, 1.54) is 25.2 Å². The van der Waals surface area contributed by atoms with Crippen LogP contribution in [0.2, 0.25) is 0 Å². The second kappa shape index (κ2) is 7.11. The standard InChI is InChI=1S/C17H15N5O4/c1-18-21-14(16(23)10-5-3-2-4-6-10)15-17(24)20-13-9-11(22(25)26)7-8-12(13)19-15/h2-9,16,18,23H,1H3,(H,20,24)/b21-14-. The van der Waals surface area contributed by atoms with Crippen LogP contribution in [0.15, 0.2) is 58.4 Å². The van der Waals surface area contributed by atoms with Gasteiger partial charge in [-0.25, -0.2) is 4.98 Å². The second-order valence-electron chi connectivity index (χ2n) is 5.41. The lowest BCUT2D eigenvalue weighted by atomic mass is 10.0. The number of nitro benzene ring substituents is 1.